The number of halogens is 2. The lowest BCUT2D eigenvalue weighted by Crippen LogP contribution is -2.71. The van der Waals surface area contributed by atoms with Gasteiger partial charge < -0.3 is 19.3 Å². The van der Waals surface area contributed by atoms with Crippen molar-refractivity contribution in [2.45, 2.75) is 102 Å². The van der Waals surface area contributed by atoms with Crippen LogP contribution in [0.15, 0.2) is 23.8 Å². The van der Waals surface area contributed by atoms with E-state index < -0.39 is 82.4 Å². The molecule has 1 N–H and O–H groups in total. The number of fused-ring (bicyclic) bond motifs is 5. The van der Waals surface area contributed by atoms with Gasteiger partial charge in [-0.15, -0.1) is 0 Å². The standard InChI is InChI=1S/C32H42F2O8/c1-18-13-21-22-15-24(33)23-14-20(35)11-12-29(23,2)31(22,34)25(36)16-30(21,3)32(18,42-28(39)40-4)26(37)17-41-27(38)10-9-19-7-5-6-8-19/h11-12,14,18-19,21-22,24-25,36H,5-10,13,15-17H2,1-4H3/t18-,21+,22+,24+,25+,29+,30+,31+,32+/m1/s1. The van der Waals surface area contributed by atoms with Gasteiger partial charge in [0.25, 0.3) is 0 Å². The molecule has 232 valence electrons. The molecule has 5 aliphatic rings. The summed E-state index contributed by atoms with van der Waals surface area (Å²) in [5, 5.41) is 11.6. The van der Waals surface area contributed by atoms with Gasteiger partial charge in [-0.05, 0) is 62.2 Å². The van der Waals surface area contributed by atoms with E-state index in [1.807, 2.05) is 0 Å². The molecule has 0 aliphatic heterocycles. The van der Waals surface area contributed by atoms with Crippen LogP contribution in [0, 0.1) is 34.5 Å². The summed E-state index contributed by atoms with van der Waals surface area (Å²) in [5.41, 5.74) is -7.18. The van der Waals surface area contributed by atoms with Crippen LogP contribution in [0.2, 0.25) is 0 Å². The van der Waals surface area contributed by atoms with Crippen molar-refractivity contribution in [1.29, 1.82) is 0 Å². The normalized spacial score (nSPS) is 42.7. The Morgan fingerprint density at radius 3 is 2.48 bits per heavy atom. The molecule has 4 fully saturated rings. The number of ketones is 2. The number of methoxy groups -OCH3 is 1. The van der Waals surface area contributed by atoms with E-state index >= 15 is 8.78 Å². The van der Waals surface area contributed by atoms with Crippen molar-refractivity contribution in [3.05, 3.63) is 23.8 Å². The van der Waals surface area contributed by atoms with Crippen molar-refractivity contribution < 1.29 is 47.3 Å². The van der Waals surface area contributed by atoms with Crippen LogP contribution in [0.3, 0.4) is 0 Å². The number of esters is 1. The smallest absolute Gasteiger partial charge is 0.457 e. The molecule has 0 saturated heterocycles. The Kier molecular flexibility index (Phi) is 7.95. The number of carbonyl (C=O) groups is 4. The molecule has 0 amide bonds. The lowest BCUT2D eigenvalue weighted by atomic mass is 9.44. The zero-order chi connectivity index (χ0) is 30.7. The molecule has 5 rings (SSSR count). The van der Waals surface area contributed by atoms with Gasteiger partial charge in [0.05, 0.1) is 13.2 Å². The summed E-state index contributed by atoms with van der Waals surface area (Å²) in [7, 11) is 1.10. The van der Waals surface area contributed by atoms with Gasteiger partial charge >= 0.3 is 12.1 Å². The van der Waals surface area contributed by atoms with Crippen LogP contribution >= 0.6 is 0 Å². The van der Waals surface area contributed by atoms with Gasteiger partial charge in [0.2, 0.25) is 5.78 Å². The number of hydrogen-bond donors (Lipinski definition) is 1. The highest BCUT2D eigenvalue weighted by Gasteiger charge is 2.78. The Morgan fingerprint density at radius 1 is 1.12 bits per heavy atom. The number of carbonyl (C=O) groups excluding carboxylic acids is 4. The summed E-state index contributed by atoms with van der Waals surface area (Å²) >= 11 is 0. The van der Waals surface area contributed by atoms with E-state index in [4.69, 9.17) is 14.2 Å². The van der Waals surface area contributed by atoms with Crippen LogP contribution in [0.1, 0.15) is 78.6 Å². The molecule has 4 saturated carbocycles. The SMILES string of the molecule is COC(=O)O[C@]1(C(=O)COC(=O)CCC2CCCC2)[C@H](C)C[C@H]2[C@@H]3C[C@H](F)C4=CC(=O)C=C[C@]4(C)[C@@]3(F)[C@@H](O)C[C@@]21C. The summed E-state index contributed by atoms with van der Waals surface area (Å²) in [6.07, 6.45) is 4.10. The maximum atomic E-state index is 17.5. The van der Waals surface area contributed by atoms with Crippen LogP contribution in [-0.2, 0) is 28.6 Å². The number of hydrogen-bond acceptors (Lipinski definition) is 8. The minimum atomic E-state index is -2.35. The Morgan fingerprint density at radius 2 is 1.81 bits per heavy atom. The van der Waals surface area contributed by atoms with Crippen LogP contribution in [0.25, 0.3) is 0 Å². The first-order valence-electron chi connectivity index (χ1n) is 15.2. The van der Waals surface area contributed by atoms with Crippen LogP contribution in [-0.4, -0.2) is 66.1 Å². The molecule has 5 aliphatic carbocycles. The second-order valence-electron chi connectivity index (χ2n) is 13.6. The van der Waals surface area contributed by atoms with E-state index in [2.05, 4.69) is 0 Å². The average Bonchev–Trinajstić information content (AvgIpc) is 3.54. The molecule has 0 spiro atoms. The highest BCUT2D eigenvalue weighted by molar-refractivity contribution is 6.01. The predicted octanol–water partition coefficient (Wildman–Crippen LogP) is 5.16. The van der Waals surface area contributed by atoms with E-state index in [-0.39, 0.29) is 31.3 Å². The van der Waals surface area contributed by atoms with E-state index in [9.17, 15) is 24.3 Å². The molecule has 9 atom stereocenters. The largest absolute Gasteiger partial charge is 0.509 e. The fourth-order valence-corrected chi connectivity index (χ4v) is 9.51. The molecule has 0 radical (unpaired) electrons. The first-order valence-corrected chi connectivity index (χ1v) is 15.2. The molecule has 0 heterocycles. The van der Waals surface area contributed by atoms with Crippen molar-refractivity contribution in [3.63, 3.8) is 0 Å². The third-order valence-electron chi connectivity index (χ3n) is 11.6. The molecule has 42 heavy (non-hydrogen) atoms. The second kappa shape index (κ2) is 10.8. The first kappa shape index (κ1) is 30.8. The Labute approximate surface area is 245 Å². The summed E-state index contributed by atoms with van der Waals surface area (Å²) in [6.45, 7) is 4.20. The molecule has 0 aromatic rings. The number of aliphatic hydroxyl groups is 1. The number of ether oxygens (including phenoxy) is 3. The molecule has 8 nitrogen and oxygen atoms in total. The Bertz CT molecular complexity index is 1210. The minimum Gasteiger partial charge on any atom is -0.457 e. The Balaban J connectivity index is 1.46. The van der Waals surface area contributed by atoms with Gasteiger partial charge in [0.1, 0.15) is 6.17 Å². The van der Waals surface area contributed by atoms with Crippen molar-refractivity contribution >= 4 is 23.7 Å². The van der Waals surface area contributed by atoms with Gasteiger partial charge in [-0.25, -0.2) is 13.6 Å². The maximum Gasteiger partial charge on any atom is 0.509 e. The lowest BCUT2D eigenvalue weighted by molar-refractivity contribution is -0.226. The molecule has 10 heteroatoms. The molecular weight excluding hydrogens is 550 g/mol. The third-order valence-corrected chi connectivity index (χ3v) is 11.6. The minimum absolute atomic E-state index is 0.000107. The number of allylic oxidation sites excluding steroid dienone is 4. The zero-order valence-corrected chi connectivity index (χ0v) is 24.8. The van der Waals surface area contributed by atoms with Gasteiger partial charge in [-0.1, -0.05) is 45.6 Å². The van der Waals surface area contributed by atoms with Crippen LogP contribution in [0.4, 0.5) is 13.6 Å². The number of rotatable bonds is 7. The van der Waals surface area contributed by atoms with E-state index in [1.165, 1.54) is 19.1 Å². The summed E-state index contributed by atoms with van der Waals surface area (Å²) in [6, 6.07) is 0. The van der Waals surface area contributed by atoms with Gasteiger partial charge in [0.15, 0.2) is 23.7 Å². The van der Waals surface area contributed by atoms with Crippen molar-refractivity contribution in [2.24, 2.45) is 34.5 Å². The summed E-state index contributed by atoms with van der Waals surface area (Å²) < 4.78 is 49.2. The molecule has 0 bridgehead atoms. The molecule has 0 unspecified atom stereocenters. The number of aliphatic hydroxyl groups excluding tert-OH is 1. The van der Waals surface area contributed by atoms with Crippen molar-refractivity contribution in [2.75, 3.05) is 13.7 Å². The topological polar surface area (TPSA) is 116 Å². The lowest BCUT2D eigenvalue weighted by Gasteiger charge is -2.63. The fraction of sp³-hybridized carbons (Fsp3) is 0.750. The Hall–Kier alpha value is -2.62. The highest BCUT2D eigenvalue weighted by Crippen LogP contribution is 2.71. The van der Waals surface area contributed by atoms with E-state index in [0.717, 1.165) is 38.9 Å². The monoisotopic (exact) mass is 592 g/mol. The quantitative estimate of drug-likeness (QED) is 0.404. The predicted molar refractivity (Wildman–Crippen MR) is 147 cm³/mol. The molecule has 0 aromatic carbocycles. The number of alkyl halides is 2. The summed E-state index contributed by atoms with van der Waals surface area (Å²) in [4.78, 5) is 51.4. The zero-order valence-electron chi connectivity index (χ0n) is 24.8. The summed E-state index contributed by atoms with van der Waals surface area (Å²) in [5.74, 6) is -3.61. The first-order chi connectivity index (χ1) is 19.7. The maximum absolute atomic E-state index is 17.5. The second-order valence-corrected chi connectivity index (χ2v) is 13.6. The number of Topliss-reactive ketones (excluding diaryl/α,β-unsaturated/α-hetero) is 1. The average molecular weight is 593 g/mol. The fourth-order valence-electron chi connectivity index (χ4n) is 9.51. The van der Waals surface area contributed by atoms with Gasteiger partial charge in [0, 0.05) is 29.1 Å². The van der Waals surface area contributed by atoms with Crippen molar-refractivity contribution in [1.82, 2.24) is 0 Å². The van der Waals surface area contributed by atoms with E-state index in [0.29, 0.717) is 12.3 Å². The molecule has 0 aromatic heterocycles. The highest BCUT2D eigenvalue weighted by atomic mass is 19.1. The van der Waals surface area contributed by atoms with Gasteiger partial charge in [-0.3, -0.25) is 14.4 Å². The molecular formula is C32H42F2O8. The van der Waals surface area contributed by atoms with Crippen LogP contribution in [0.5, 0.6) is 0 Å². The van der Waals surface area contributed by atoms with E-state index in [1.54, 1.807) is 13.8 Å². The third kappa shape index (κ3) is 4.37. The van der Waals surface area contributed by atoms with Gasteiger partial charge in [-0.2, -0.15) is 0 Å². The van der Waals surface area contributed by atoms with Crippen LogP contribution < -0.4 is 0 Å². The van der Waals surface area contributed by atoms with Crippen molar-refractivity contribution in [3.8, 4) is 0 Å².